The number of hydrogen-bond acceptors (Lipinski definition) is 4. The third kappa shape index (κ3) is 2.10. The predicted molar refractivity (Wildman–Crippen MR) is 49.3 cm³/mol. The van der Waals surface area contributed by atoms with E-state index >= 15 is 0 Å². The Labute approximate surface area is 81.8 Å². The van der Waals surface area contributed by atoms with Gasteiger partial charge >= 0.3 is 5.97 Å². The molecule has 1 atom stereocenters. The number of carbonyl (C=O) groups excluding carboxylic acids is 1. The van der Waals surface area contributed by atoms with Crippen LogP contribution in [0.3, 0.4) is 0 Å². The fourth-order valence-electron chi connectivity index (χ4n) is 1.18. The zero-order valence-corrected chi connectivity index (χ0v) is 7.80. The van der Waals surface area contributed by atoms with E-state index in [2.05, 4.69) is 4.74 Å². The summed E-state index contributed by atoms with van der Waals surface area (Å²) in [6.45, 7) is -0.218. The van der Waals surface area contributed by atoms with E-state index in [4.69, 9.17) is 5.11 Å². The van der Waals surface area contributed by atoms with Gasteiger partial charge in [-0.05, 0) is 11.1 Å². The molecule has 0 aliphatic rings. The molecular formula is C10H12O4. The number of benzene rings is 1. The fourth-order valence-corrected chi connectivity index (χ4v) is 1.18. The Balaban J connectivity index is 2.99. The molecule has 0 fully saturated rings. The highest BCUT2D eigenvalue weighted by Gasteiger charge is 2.19. The molecule has 0 aliphatic heterocycles. The first-order valence-electron chi connectivity index (χ1n) is 4.15. The molecule has 0 saturated heterocycles. The topological polar surface area (TPSA) is 66.8 Å². The second-order valence-electron chi connectivity index (χ2n) is 2.78. The minimum absolute atomic E-state index is 0.218. The number of methoxy groups -OCH3 is 1. The van der Waals surface area contributed by atoms with Crippen LogP contribution in [0.4, 0.5) is 0 Å². The molecule has 0 bridgehead atoms. The molecule has 0 radical (unpaired) electrons. The molecule has 4 nitrogen and oxygen atoms in total. The molecule has 0 saturated carbocycles. The quantitative estimate of drug-likeness (QED) is 0.686. The molecule has 0 amide bonds. The summed E-state index contributed by atoms with van der Waals surface area (Å²) in [4.78, 5) is 11.0. The Bertz CT molecular complexity index is 322. The van der Waals surface area contributed by atoms with Gasteiger partial charge in [0.25, 0.3) is 0 Å². The number of hydrogen-bond donors (Lipinski definition) is 2. The highest BCUT2D eigenvalue weighted by Crippen LogP contribution is 2.18. The minimum atomic E-state index is -1.33. The van der Waals surface area contributed by atoms with E-state index in [0.717, 1.165) is 0 Å². The highest BCUT2D eigenvalue weighted by molar-refractivity contribution is 5.76. The number of ether oxygens (including phenoxy) is 1. The van der Waals surface area contributed by atoms with E-state index in [1.807, 2.05) is 0 Å². The standard InChI is InChI=1S/C10H12O4/c1-14-10(13)9(12)8-5-3-2-4-7(8)6-11/h2-5,9,11-12H,6H2,1H3. The zero-order valence-electron chi connectivity index (χ0n) is 7.80. The Hall–Kier alpha value is -1.39. The maximum absolute atomic E-state index is 11.0. The molecule has 0 aliphatic carbocycles. The third-order valence-corrected chi connectivity index (χ3v) is 1.94. The Morgan fingerprint density at radius 3 is 2.71 bits per heavy atom. The summed E-state index contributed by atoms with van der Waals surface area (Å²) in [6.07, 6.45) is -1.33. The second kappa shape index (κ2) is 4.74. The van der Waals surface area contributed by atoms with Gasteiger partial charge in [-0.1, -0.05) is 24.3 Å². The predicted octanol–water partition coefficient (Wildman–Crippen LogP) is 0.385. The van der Waals surface area contributed by atoms with E-state index in [0.29, 0.717) is 11.1 Å². The lowest BCUT2D eigenvalue weighted by atomic mass is 10.0. The van der Waals surface area contributed by atoms with E-state index < -0.39 is 12.1 Å². The first kappa shape index (κ1) is 10.7. The number of rotatable bonds is 3. The first-order chi connectivity index (χ1) is 6.70. The molecule has 14 heavy (non-hydrogen) atoms. The van der Waals surface area contributed by atoms with Crippen LogP contribution in [-0.4, -0.2) is 23.3 Å². The van der Waals surface area contributed by atoms with Gasteiger partial charge in [-0.2, -0.15) is 0 Å². The van der Waals surface area contributed by atoms with Gasteiger partial charge in [0.15, 0.2) is 6.10 Å². The SMILES string of the molecule is COC(=O)C(O)c1ccccc1CO. The van der Waals surface area contributed by atoms with Gasteiger partial charge in [-0.15, -0.1) is 0 Å². The van der Waals surface area contributed by atoms with Gasteiger partial charge < -0.3 is 14.9 Å². The molecule has 4 heteroatoms. The third-order valence-electron chi connectivity index (χ3n) is 1.94. The molecule has 1 unspecified atom stereocenters. The van der Waals surface area contributed by atoms with Crippen LogP contribution in [0.15, 0.2) is 24.3 Å². The van der Waals surface area contributed by atoms with Gasteiger partial charge in [0.2, 0.25) is 0 Å². The maximum Gasteiger partial charge on any atom is 0.339 e. The van der Waals surface area contributed by atoms with Crippen LogP contribution < -0.4 is 0 Å². The summed E-state index contributed by atoms with van der Waals surface area (Å²) >= 11 is 0. The van der Waals surface area contributed by atoms with Crippen LogP contribution in [0, 0.1) is 0 Å². The van der Waals surface area contributed by atoms with E-state index in [-0.39, 0.29) is 6.61 Å². The van der Waals surface area contributed by atoms with Crippen molar-refractivity contribution < 1.29 is 19.7 Å². The van der Waals surface area contributed by atoms with Crippen molar-refractivity contribution in [3.63, 3.8) is 0 Å². The van der Waals surface area contributed by atoms with Crippen LogP contribution in [0.2, 0.25) is 0 Å². The van der Waals surface area contributed by atoms with Crippen LogP contribution >= 0.6 is 0 Å². The monoisotopic (exact) mass is 196 g/mol. The van der Waals surface area contributed by atoms with Gasteiger partial charge in [0, 0.05) is 0 Å². The average Bonchev–Trinajstić information content (AvgIpc) is 2.26. The smallest absolute Gasteiger partial charge is 0.339 e. The van der Waals surface area contributed by atoms with Crippen molar-refractivity contribution >= 4 is 5.97 Å². The lowest BCUT2D eigenvalue weighted by Gasteiger charge is -2.11. The van der Waals surface area contributed by atoms with Gasteiger partial charge in [0.1, 0.15) is 0 Å². The molecule has 0 spiro atoms. The number of carbonyl (C=O) groups is 1. The molecule has 1 rings (SSSR count). The fraction of sp³-hybridized carbons (Fsp3) is 0.300. The Morgan fingerprint density at radius 2 is 2.14 bits per heavy atom. The van der Waals surface area contributed by atoms with Crippen LogP contribution in [0.25, 0.3) is 0 Å². The Morgan fingerprint density at radius 1 is 1.50 bits per heavy atom. The normalized spacial score (nSPS) is 12.2. The highest BCUT2D eigenvalue weighted by atomic mass is 16.5. The lowest BCUT2D eigenvalue weighted by molar-refractivity contribution is -0.150. The second-order valence-corrected chi connectivity index (χ2v) is 2.78. The summed E-state index contributed by atoms with van der Waals surface area (Å²) in [7, 11) is 1.20. The van der Waals surface area contributed by atoms with Crippen molar-refractivity contribution in [2.75, 3.05) is 7.11 Å². The van der Waals surface area contributed by atoms with Crippen molar-refractivity contribution in [2.24, 2.45) is 0 Å². The summed E-state index contributed by atoms with van der Waals surface area (Å²) in [5, 5.41) is 18.5. The van der Waals surface area contributed by atoms with Crippen molar-refractivity contribution in [2.45, 2.75) is 12.7 Å². The summed E-state index contributed by atoms with van der Waals surface area (Å²) in [6, 6.07) is 6.62. The molecule has 0 heterocycles. The molecule has 1 aromatic rings. The molecule has 76 valence electrons. The minimum Gasteiger partial charge on any atom is -0.467 e. The first-order valence-corrected chi connectivity index (χ1v) is 4.15. The van der Waals surface area contributed by atoms with Crippen molar-refractivity contribution in [3.05, 3.63) is 35.4 Å². The molecule has 2 N–H and O–H groups in total. The number of esters is 1. The number of aliphatic hydroxyl groups excluding tert-OH is 2. The average molecular weight is 196 g/mol. The zero-order chi connectivity index (χ0) is 10.6. The summed E-state index contributed by atoms with van der Waals surface area (Å²) in [5.41, 5.74) is 0.896. The largest absolute Gasteiger partial charge is 0.467 e. The van der Waals surface area contributed by atoms with E-state index in [1.165, 1.54) is 7.11 Å². The summed E-state index contributed by atoms with van der Waals surface area (Å²) < 4.78 is 4.40. The lowest BCUT2D eigenvalue weighted by Crippen LogP contribution is -2.15. The van der Waals surface area contributed by atoms with Crippen LogP contribution in [0.5, 0.6) is 0 Å². The maximum atomic E-state index is 11.0. The van der Waals surface area contributed by atoms with Crippen molar-refractivity contribution in [1.82, 2.24) is 0 Å². The van der Waals surface area contributed by atoms with Crippen molar-refractivity contribution in [3.8, 4) is 0 Å². The number of aliphatic hydroxyl groups is 2. The van der Waals surface area contributed by atoms with Crippen molar-refractivity contribution in [1.29, 1.82) is 0 Å². The molecule has 1 aromatic carbocycles. The molecule has 0 aromatic heterocycles. The van der Waals surface area contributed by atoms with E-state index in [9.17, 15) is 9.90 Å². The Kier molecular flexibility index (Phi) is 3.62. The summed E-state index contributed by atoms with van der Waals surface area (Å²) in [5.74, 6) is -0.731. The van der Waals surface area contributed by atoms with Crippen LogP contribution in [-0.2, 0) is 16.1 Å². The van der Waals surface area contributed by atoms with Crippen LogP contribution in [0.1, 0.15) is 17.2 Å². The van der Waals surface area contributed by atoms with Gasteiger partial charge in [-0.25, -0.2) is 4.79 Å². The van der Waals surface area contributed by atoms with E-state index in [1.54, 1.807) is 24.3 Å². The van der Waals surface area contributed by atoms with Gasteiger partial charge in [0.05, 0.1) is 13.7 Å². The van der Waals surface area contributed by atoms with Gasteiger partial charge in [-0.3, -0.25) is 0 Å². The molecular weight excluding hydrogens is 184 g/mol.